The fourth-order valence-corrected chi connectivity index (χ4v) is 1.93. The van der Waals surface area contributed by atoms with Gasteiger partial charge in [-0.25, -0.2) is 0 Å². The summed E-state index contributed by atoms with van der Waals surface area (Å²) in [5.74, 6) is 0. The molecule has 0 spiro atoms. The third-order valence-corrected chi connectivity index (χ3v) is 3.13. The Kier molecular flexibility index (Phi) is 4.19. The van der Waals surface area contributed by atoms with Crippen LogP contribution in [0.4, 0.5) is 5.69 Å². The molecule has 1 nitrogen and oxygen atoms in total. The Hall–Kier alpha value is -2.02. The second kappa shape index (κ2) is 6.06. The van der Waals surface area contributed by atoms with Gasteiger partial charge in [0, 0.05) is 19.3 Å². The van der Waals surface area contributed by atoms with Crippen molar-refractivity contribution in [2.45, 2.75) is 6.42 Å². The quantitative estimate of drug-likeness (QED) is 0.752. The lowest BCUT2D eigenvalue weighted by atomic mass is 10.0. The number of hydrogen-bond acceptors (Lipinski definition) is 1. The first-order valence-corrected chi connectivity index (χ1v) is 6.27. The van der Waals surface area contributed by atoms with Crippen molar-refractivity contribution in [2.75, 3.05) is 18.5 Å². The molecule has 1 heteroatoms. The molecule has 0 saturated heterocycles. The molecule has 0 amide bonds. The molecule has 0 aliphatic heterocycles. The molecule has 2 aromatic carbocycles. The number of rotatable bonds is 5. The summed E-state index contributed by atoms with van der Waals surface area (Å²) in [5.41, 5.74) is 3.68. The first-order chi connectivity index (χ1) is 8.77. The molecule has 0 heterocycles. The van der Waals surface area contributed by atoms with E-state index in [2.05, 4.69) is 67.1 Å². The Morgan fingerprint density at radius 3 is 2.11 bits per heavy atom. The molecular weight excluding hydrogens is 218 g/mol. The van der Waals surface area contributed by atoms with Crippen LogP contribution in [0, 0.1) is 0 Å². The van der Waals surface area contributed by atoms with E-state index in [-0.39, 0.29) is 0 Å². The molecule has 18 heavy (non-hydrogen) atoms. The zero-order chi connectivity index (χ0) is 12.8. The van der Waals surface area contributed by atoms with E-state index in [1.54, 1.807) is 0 Å². The number of hydrogen-bond donors (Lipinski definition) is 0. The molecule has 0 N–H and O–H groups in total. The van der Waals surface area contributed by atoms with E-state index in [0.717, 1.165) is 13.0 Å². The fraction of sp³-hybridized carbons (Fsp3) is 0.176. The first kappa shape index (κ1) is 12.4. The van der Waals surface area contributed by atoms with Crippen molar-refractivity contribution in [1.82, 2.24) is 0 Å². The Labute approximate surface area is 109 Å². The molecule has 0 saturated carbocycles. The summed E-state index contributed by atoms with van der Waals surface area (Å²) in [7, 11) is 2.12. The van der Waals surface area contributed by atoms with Crippen LogP contribution < -0.4 is 4.90 Å². The average Bonchev–Trinajstić information content (AvgIpc) is 2.46. The number of nitrogens with zero attached hydrogens (tertiary/aromatic N) is 1. The minimum absolute atomic E-state index is 0.982. The highest BCUT2D eigenvalue weighted by molar-refractivity contribution is 5.63. The van der Waals surface area contributed by atoms with Crippen LogP contribution in [0.2, 0.25) is 0 Å². The van der Waals surface area contributed by atoms with Gasteiger partial charge in [-0.3, -0.25) is 0 Å². The first-order valence-electron chi connectivity index (χ1n) is 6.27. The van der Waals surface area contributed by atoms with E-state index < -0.39 is 0 Å². The molecule has 0 unspecified atom stereocenters. The highest BCUT2D eigenvalue weighted by atomic mass is 15.1. The van der Waals surface area contributed by atoms with Gasteiger partial charge in [-0.05, 0) is 29.7 Å². The van der Waals surface area contributed by atoms with Gasteiger partial charge in [0.25, 0.3) is 0 Å². The van der Waals surface area contributed by atoms with Gasteiger partial charge in [0.15, 0.2) is 0 Å². The maximum atomic E-state index is 4.16. The van der Waals surface area contributed by atoms with Crippen molar-refractivity contribution in [2.24, 2.45) is 0 Å². The van der Waals surface area contributed by atoms with Gasteiger partial charge in [-0.2, -0.15) is 0 Å². The van der Waals surface area contributed by atoms with Crippen LogP contribution in [0.1, 0.15) is 12.0 Å². The van der Waals surface area contributed by atoms with Crippen LogP contribution in [0.25, 0.3) is 5.57 Å². The highest BCUT2D eigenvalue weighted by Gasteiger charge is 2.02. The SMILES string of the molecule is C=C(CCN(C)c1ccccc1)c1ccccc1. The van der Waals surface area contributed by atoms with E-state index >= 15 is 0 Å². The van der Waals surface area contributed by atoms with Crippen LogP contribution >= 0.6 is 0 Å². The smallest absolute Gasteiger partial charge is 0.0363 e. The Bertz CT molecular complexity index is 488. The van der Waals surface area contributed by atoms with Crippen LogP contribution in [-0.2, 0) is 0 Å². The van der Waals surface area contributed by atoms with Gasteiger partial charge in [-0.1, -0.05) is 55.1 Å². The molecule has 0 bridgehead atoms. The number of anilines is 1. The second-order valence-corrected chi connectivity index (χ2v) is 4.48. The van der Waals surface area contributed by atoms with Crippen molar-refractivity contribution < 1.29 is 0 Å². The van der Waals surface area contributed by atoms with Crippen molar-refractivity contribution in [3.8, 4) is 0 Å². The van der Waals surface area contributed by atoms with Crippen LogP contribution in [-0.4, -0.2) is 13.6 Å². The van der Waals surface area contributed by atoms with Crippen LogP contribution in [0.3, 0.4) is 0 Å². The summed E-state index contributed by atoms with van der Waals surface area (Å²) in [6.07, 6.45) is 0.982. The monoisotopic (exact) mass is 237 g/mol. The predicted octanol–water partition coefficient (Wildman–Crippen LogP) is 4.23. The standard InChI is InChI=1S/C17H19N/c1-15(16-9-5-3-6-10-16)13-14-18(2)17-11-7-4-8-12-17/h3-12H,1,13-14H2,2H3. The highest BCUT2D eigenvalue weighted by Crippen LogP contribution is 2.18. The molecule has 0 aromatic heterocycles. The molecule has 2 aromatic rings. The van der Waals surface area contributed by atoms with E-state index in [0.29, 0.717) is 0 Å². The Morgan fingerprint density at radius 2 is 1.50 bits per heavy atom. The zero-order valence-electron chi connectivity index (χ0n) is 10.8. The van der Waals surface area contributed by atoms with E-state index in [1.807, 2.05) is 12.1 Å². The van der Waals surface area contributed by atoms with Crippen LogP contribution in [0.5, 0.6) is 0 Å². The Balaban J connectivity index is 1.91. The zero-order valence-corrected chi connectivity index (χ0v) is 10.8. The number of para-hydroxylation sites is 1. The lowest BCUT2D eigenvalue weighted by molar-refractivity contribution is 0.909. The molecule has 2 rings (SSSR count). The molecule has 0 fully saturated rings. The lowest BCUT2D eigenvalue weighted by Gasteiger charge is -2.19. The molecule has 0 aliphatic carbocycles. The number of benzene rings is 2. The van der Waals surface area contributed by atoms with Gasteiger partial charge in [0.2, 0.25) is 0 Å². The molecule has 92 valence electrons. The van der Waals surface area contributed by atoms with Gasteiger partial charge in [0.1, 0.15) is 0 Å². The van der Waals surface area contributed by atoms with Gasteiger partial charge < -0.3 is 4.90 Å². The van der Waals surface area contributed by atoms with Gasteiger partial charge >= 0.3 is 0 Å². The molecular formula is C17H19N. The summed E-state index contributed by atoms with van der Waals surface area (Å²) >= 11 is 0. The maximum Gasteiger partial charge on any atom is 0.0363 e. The average molecular weight is 237 g/mol. The third kappa shape index (κ3) is 3.24. The van der Waals surface area contributed by atoms with Crippen LogP contribution in [0.15, 0.2) is 67.2 Å². The van der Waals surface area contributed by atoms with Crippen molar-refractivity contribution in [1.29, 1.82) is 0 Å². The topological polar surface area (TPSA) is 3.24 Å². The second-order valence-electron chi connectivity index (χ2n) is 4.48. The maximum absolute atomic E-state index is 4.16. The normalized spacial score (nSPS) is 10.1. The lowest BCUT2D eigenvalue weighted by Crippen LogP contribution is -2.18. The van der Waals surface area contributed by atoms with Crippen molar-refractivity contribution in [3.05, 3.63) is 72.8 Å². The van der Waals surface area contributed by atoms with Gasteiger partial charge in [0.05, 0.1) is 0 Å². The molecule has 0 atom stereocenters. The molecule has 0 radical (unpaired) electrons. The van der Waals surface area contributed by atoms with E-state index in [4.69, 9.17) is 0 Å². The molecule has 0 aliphatic rings. The summed E-state index contributed by atoms with van der Waals surface area (Å²) in [6.45, 7) is 5.15. The fourth-order valence-electron chi connectivity index (χ4n) is 1.93. The minimum atomic E-state index is 0.982. The van der Waals surface area contributed by atoms with E-state index in [1.165, 1.54) is 16.8 Å². The van der Waals surface area contributed by atoms with E-state index in [9.17, 15) is 0 Å². The van der Waals surface area contributed by atoms with Crippen molar-refractivity contribution in [3.63, 3.8) is 0 Å². The summed E-state index contributed by atoms with van der Waals surface area (Å²) in [5, 5.41) is 0. The predicted molar refractivity (Wildman–Crippen MR) is 79.8 cm³/mol. The summed E-state index contributed by atoms with van der Waals surface area (Å²) in [6, 6.07) is 20.8. The largest absolute Gasteiger partial charge is 0.374 e. The van der Waals surface area contributed by atoms with Crippen molar-refractivity contribution >= 4 is 11.3 Å². The third-order valence-electron chi connectivity index (χ3n) is 3.13. The summed E-state index contributed by atoms with van der Waals surface area (Å²) in [4.78, 5) is 2.26. The minimum Gasteiger partial charge on any atom is -0.374 e. The summed E-state index contributed by atoms with van der Waals surface area (Å²) < 4.78 is 0. The van der Waals surface area contributed by atoms with Gasteiger partial charge in [-0.15, -0.1) is 0 Å². The Morgan fingerprint density at radius 1 is 0.944 bits per heavy atom.